The van der Waals surface area contributed by atoms with E-state index in [-0.39, 0.29) is 24.2 Å². The molecule has 0 saturated heterocycles. The van der Waals surface area contributed by atoms with E-state index in [0.717, 1.165) is 38.5 Å². The van der Waals surface area contributed by atoms with E-state index < -0.39 is 6.10 Å². The van der Waals surface area contributed by atoms with E-state index in [1.54, 1.807) is 0 Å². The molecule has 4 heteroatoms. The highest BCUT2D eigenvalue weighted by atomic mass is 16.5. The molecule has 0 aromatic rings. The van der Waals surface area contributed by atoms with Gasteiger partial charge in [0.05, 0.1) is 12.2 Å². The molecule has 0 heterocycles. The van der Waals surface area contributed by atoms with Gasteiger partial charge in [0.25, 0.3) is 0 Å². The minimum atomic E-state index is -0.397. The molecular formula is C14H27NO3. The van der Waals surface area contributed by atoms with Crippen molar-refractivity contribution in [3.05, 3.63) is 0 Å². The fourth-order valence-electron chi connectivity index (χ4n) is 2.34. The van der Waals surface area contributed by atoms with Crippen LogP contribution in [0, 0.1) is 0 Å². The Labute approximate surface area is 110 Å². The number of aliphatic hydroxyl groups excluding tert-OH is 1. The van der Waals surface area contributed by atoms with E-state index >= 15 is 0 Å². The summed E-state index contributed by atoms with van der Waals surface area (Å²) in [5.74, 6) is -0.0187. The molecule has 0 bridgehead atoms. The van der Waals surface area contributed by atoms with Crippen LogP contribution in [-0.4, -0.2) is 35.4 Å². The van der Waals surface area contributed by atoms with Gasteiger partial charge in [-0.3, -0.25) is 4.79 Å². The predicted molar refractivity (Wildman–Crippen MR) is 71.3 cm³/mol. The maximum atomic E-state index is 11.9. The topological polar surface area (TPSA) is 58.6 Å². The first kappa shape index (κ1) is 15.4. The van der Waals surface area contributed by atoms with Gasteiger partial charge in [-0.15, -0.1) is 0 Å². The van der Waals surface area contributed by atoms with Crippen LogP contribution in [0.1, 0.15) is 59.3 Å². The first-order valence-corrected chi connectivity index (χ1v) is 7.20. The highest BCUT2D eigenvalue weighted by molar-refractivity contribution is 5.80. The molecule has 1 saturated carbocycles. The summed E-state index contributed by atoms with van der Waals surface area (Å²) >= 11 is 0. The Balaban J connectivity index is 2.31. The van der Waals surface area contributed by atoms with E-state index in [2.05, 4.69) is 19.2 Å². The Kier molecular flexibility index (Phi) is 6.65. The van der Waals surface area contributed by atoms with Crippen molar-refractivity contribution in [3.8, 4) is 0 Å². The average molecular weight is 257 g/mol. The summed E-state index contributed by atoms with van der Waals surface area (Å²) in [4.78, 5) is 11.9. The van der Waals surface area contributed by atoms with Gasteiger partial charge in [-0.05, 0) is 45.4 Å². The number of carbonyl (C=O) groups is 1. The minimum absolute atomic E-state index is 0.0187. The Morgan fingerprint density at radius 2 is 1.83 bits per heavy atom. The van der Waals surface area contributed by atoms with Gasteiger partial charge in [0, 0.05) is 6.04 Å². The fraction of sp³-hybridized carbons (Fsp3) is 0.929. The van der Waals surface area contributed by atoms with Gasteiger partial charge in [0.2, 0.25) is 5.91 Å². The largest absolute Gasteiger partial charge is 0.393 e. The molecule has 0 aliphatic heterocycles. The van der Waals surface area contributed by atoms with Crippen molar-refractivity contribution in [2.24, 2.45) is 0 Å². The van der Waals surface area contributed by atoms with E-state index in [9.17, 15) is 9.90 Å². The molecule has 4 nitrogen and oxygen atoms in total. The Bertz CT molecular complexity index is 245. The second-order valence-corrected chi connectivity index (χ2v) is 5.23. The molecule has 0 aromatic heterocycles. The number of aliphatic hydroxyl groups is 1. The molecule has 1 unspecified atom stereocenters. The van der Waals surface area contributed by atoms with Gasteiger partial charge in [0.15, 0.2) is 0 Å². The number of hydrogen-bond donors (Lipinski definition) is 2. The molecule has 1 rings (SSSR count). The maximum absolute atomic E-state index is 11.9. The zero-order valence-corrected chi connectivity index (χ0v) is 11.8. The molecule has 0 radical (unpaired) electrons. The lowest BCUT2D eigenvalue weighted by Gasteiger charge is -2.28. The smallest absolute Gasteiger partial charge is 0.249 e. The Hall–Kier alpha value is -0.610. The van der Waals surface area contributed by atoms with Gasteiger partial charge in [0.1, 0.15) is 6.10 Å². The molecular weight excluding hydrogens is 230 g/mol. The average Bonchev–Trinajstić information content (AvgIpc) is 2.38. The van der Waals surface area contributed by atoms with E-state index in [0.29, 0.717) is 0 Å². The third-order valence-electron chi connectivity index (χ3n) is 3.74. The highest BCUT2D eigenvalue weighted by Gasteiger charge is 2.24. The minimum Gasteiger partial charge on any atom is -0.393 e. The van der Waals surface area contributed by atoms with Crippen LogP contribution in [0.15, 0.2) is 0 Å². The summed E-state index contributed by atoms with van der Waals surface area (Å²) < 4.78 is 5.77. The predicted octanol–water partition coefficient (Wildman–Crippen LogP) is 2.00. The molecule has 1 aliphatic rings. The van der Waals surface area contributed by atoms with Gasteiger partial charge in [-0.25, -0.2) is 0 Å². The number of hydrogen-bond acceptors (Lipinski definition) is 3. The first-order valence-electron chi connectivity index (χ1n) is 7.20. The summed E-state index contributed by atoms with van der Waals surface area (Å²) in [7, 11) is 0. The normalized spacial score (nSPS) is 26.1. The maximum Gasteiger partial charge on any atom is 0.249 e. The van der Waals surface area contributed by atoms with Crippen molar-refractivity contribution in [2.75, 3.05) is 0 Å². The summed E-state index contributed by atoms with van der Waals surface area (Å²) in [5.41, 5.74) is 0. The van der Waals surface area contributed by atoms with Crippen molar-refractivity contribution in [2.45, 2.75) is 83.6 Å². The van der Waals surface area contributed by atoms with E-state index in [1.165, 1.54) is 0 Å². The summed E-state index contributed by atoms with van der Waals surface area (Å²) in [6.45, 7) is 5.95. The SMILES string of the molecule is CCC(CC)NC(=O)C(C)OC1CCC(O)CC1. The second-order valence-electron chi connectivity index (χ2n) is 5.23. The molecule has 1 fully saturated rings. The number of ether oxygens (including phenoxy) is 1. The quantitative estimate of drug-likeness (QED) is 0.765. The Morgan fingerprint density at radius 1 is 1.28 bits per heavy atom. The van der Waals surface area contributed by atoms with Crippen LogP contribution in [0.2, 0.25) is 0 Å². The van der Waals surface area contributed by atoms with Gasteiger partial charge in [-0.2, -0.15) is 0 Å². The van der Waals surface area contributed by atoms with Crippen molar-refractivity contribution in [1.29, 1.82) is 0 Å². The lowest BCUT2D eigenvalue weighted by molar-refractivity contribution is -0.138. The summed E-state index contributed by atoms with van der Waals surface area (Å²) in [6.07, 6.45) is 4.71. The molecule has 1 aliphatic carbocycles. The van der Waals surface area contributed by atoms with Crippen molar-refractivity contribution in [1.82, 2.24) is 5.32 Å². The van der Waals surface area contributed by atoms with E-state index in [1.807, 2.05) is 6.92 Å². The zero-order chi connectivity index (χ0) is 13.5. The molecule has 1 amide bonds. The van der Waals surface area contributed by atoms with Crippen LogP contribution in [0.25, 0.3) is 0 Å². The molecule has 106 valence electrons. The van der Waals surface area contributed by atoms with Crippen LogP contribution in [0.4, 0.5) is 0 Å². The zero-order valence-electron chi connectivity index (χ0n) is 11.8. The first-order chi connectivity index (χ1) is 8.56. The third kappa shape index (κ3) is 4.94. The molecule has 0 spiro atoms. The standard InChI is InChI=1S/C14H27NO3/c1-4-11(5-2)15-14(17)10(3)18-13-8-6-12(16)7-9-13/h10-13,16H,4-9H2,1-3H3,(H,15,17). The molecule has 1 atom stereocenters. The molecule has 0 aromatic carbocycles. The van der Waals surface area contributed by atoms with Gasteiger partial charge < -0.3 is 15.2 Å². The number of nitrogens with one attached hydrogen (secondary N) is 1. The lowest BCUT2D eigenvalue weighted by atomic mass is 9.95. The lowest BCUT2D eigenvalue weighted by Crippen LogP contribution is -2.42. The fourth-order valence-corrected chi connectivity index (χ4v) is 2.34. The summed E-state index contributed by atoms with van der Waals surface area (Å²) in [5, 5.41) is 12.4. The van der Waals surface area contributed by atoms with Crippen LogP contribution >= 0.6 is 0 Å². The monoisotopic (exact) mass is 257 g/mol. The Morgan fingerprint density at radius 3 is 2.33 bits per heavy atom. The number of carbonyl (C=O) groups excluding carboxylic acids is 1. The van der Waals surface area contributed by atoms with Crippen LogP contribution in [0.5, 0.6) is 0 Å². The van der Waals surface area contributed by atoms with Gasteiger partial charge >= 0.3 is 0 Å². The third-order valence-corrected chi connectivity index (χ3v) is 3.74. The second kappa shape index (κ2) is 7.74. The van der Waals surface area contributed by atoms with Crippen LogP contribution in [0.3, 0.4) is 0 Å². The van der Waals surface area contributed by atoms with Crippen molar-refractivity contribution >= 4 is 5.91 Å². The number of amides is 1. The van der Waals surface area contributed by atoms with E-state index in [4.69, 9.17) is 4.74 Å². The van der Waals surface area contributed by atoms with Crippen LogP contribution < -0.4 is 5.32 Å². The van der Waals surface area contributed by atoms with Gasteiger partial charge in [-0.1, -0.05) is 13.8 Å². The van der Waals surface area contributed by atoms with Crippen molar-refractivity contribution in [3.63, 3.8) is 0 Å². The van der Waals surface area contributed by atoms with Crippen LogP contribution in [-0.2, 0) is 9.53 Å². The number of rotatable bonds is 6. The highest BCUT2D eigenvalue weighted by Crippen LogP contribution is 2.22. The van der Waals surface area contributed by atoms with Crippen molar-refractivity contribution < 1.29 is 14.6 Å². The molecule has 18 heavy (non-hydrogen) atoms. The molecule has 2 N–H and O–H groups in total. The summed E-state index contributed by atoms with van der Waals surface area (Å²) in [6, 6.07) is 0.247.